The number of nitrogens with zero attached hydrogens (tertiary/aromatic N) is 2. The van der Waals surface area contributed by atoms with E-state index < -0.39 is 0 Å². The van der Waals surface area contributed by atoms with Gasteiger partial charge in [-0.25, -0.2) is 4.98 Å². The predicted molar refractivity (Wildman–Crippen MR) is 67.8 cm³/mol. The number of piperidine rings is 1. The number of rotatable bonds is 3. The minimum Gasteiger partial charge on any atom is -0.367 e. The lowest BCUT2D eigenvalue weighted by Crippen LogP contribution is -2.39. The van der Waals surface area contributed by atoms with E-state index in [9.17, 15) is 0 Å². The molecule has 0 aromatic carbocycles. The Morgan fingerprint density at radius 1 is 1.59 bits per heavy atom. The fraction of sp³-hybridized carbons (Fsp3) is 0.538. The van der Waals surface area contributed by atoms with E-state index in [1.54, 1.807) is 6.20 Å². The van der Waals surface area contributed by atoms with E-state index in [1.807, 2.05) is 13.0 Å². The van der Waals surface area contributed by atoms with Crippen LogP contribution in [-0.2, 0) is 0 Å². The van der Waals surface area contributed by atoms with Crippen LogP contribution in [0.15, 0.2) is 12.3 Å². The molecular weight excluding hydrogens is 212 g/mol. The zero-order chi connectivity index (χ0) is 12.1. The van der Waals surface area contributed by atoms with E-state index >= 15 is 0 Å². The molecule has 1 unspecified atom stereocenters. The number of nitriles is 1. The summed E-state index contributed by atoms with van der Waals surface area (Å²) in [6.07, 6.45) is 5.49. The monoisotopic (exact) mass is 230 g/mol. The van der Waals surface area contributed by atoms with Crippen LogP contribution < -0.4 is 10.6 Å². The van der Waals surface area contributed by atoms with Crippen LogP contribution in [0.1, 0.15) is 30.4 Å². The number of hydrogen-bond acceptors (Lipinski definition) is 4. The minimum absolute atomic E-state index is 0.498. The van der Waals surface area contributed by atoms with Gasteiger partial charge in [0.25, 0.3) is 0 Å². The molecule has 0 spiro atoms. The normalized spacial score (nSPS) is 19.6. The molecule has 4 heteroatoms. The van der Waals surface area contributed by atoms with Gasteiger partial charge in [-0.15, -0.1) is 0 Å². The van der Waals surface area contributed by atoms with Gasteiger partial charge in [-0.05, 0) is 37.9 Å². The van der Waals surface area contributed by atoms with Crippen LogP contribution in [0, 0.1) is 18.3 Å². The second-order valence-corrected chi connectivity index (χ2v) is 4.49. The molecule has 1 aromatic heterocycles. The molecule has 17 heavy (non-hydrogen) atoms. The van der Waals surface area contributed by atoms with Crippen molar-refractivity contribution in [3.8, 4) is 6.07 Å². The van der Waals surface area contributed by atoms with Crippen LogP contribution in [-0.4, -0.2) is 24.1 Å². The highest BCUT2D eigenvalue weighted by Gasteiger charge is 2.13. The summed E-state index contributed by atoms with van der Waals surface area (Å²) in [4.78, 5) is 4.23. The maximum Gasteiger partial charge on any atom is 0.144 e. The van der Waals surface area contributed by atoms with Crippen molar-refractivity contribution in [1.82, 2.24) is 10.3 Å². The van der Waals surface area contributed by atoms with E-state index in [4.69, 9.17) is 5.26 Å². The molecule has 90 valence electrons. The van der Waals surface area contributed by atoms with E-state index in [0.29, 0.717) is 17.4 Å². The van der Waals surface area contributed by atoms with Crippen LogP contribution in [0.3, 0.4) is 0 Å². The van der Waals surface area contributed by atoms with Gasteiger partial charge in [-0.1, -0.05) is 6.42 Å². The smallest absolute Gasteiger partial charge is 0.144 e. The van der Waals surface area contributed by atoms with E-state index in [0.717, 1.165) is 18.7 Å². The quantitative estimate of drug-likeness (QED) is 0.831. The van der Waals surface area contributed by atoms with Crippen molar-refractivity contribution in [1.29, 1.82) is 5.26 Å². The molecule has 0 bridgehead atoms. The first-order chi connectivity index (χ1) is 8.31. The van der Waals surface area contributed by atoms with Gasteiger partial charge in [0.05, 0.1) is 5.56 Å². The number of pyridine rings is 1. The molecule has 0 amide bonds. The summed E-state index contributed by atoms with van der Waals surface area (Å²) in [6.45, 7) is 3.87. The van der Waals surface area contributed by atoms with Crippen molar-refractivity contribution < 1.29 is 0 Å². The molecule has 1 saturated heterocycles. The fourth-order valence-electron chi connectivity index (χ4n) is 2.15. The number of anilines is 1. The van der Waals surface area contributed by atoms with Crippen molar-refractivity contribution in [2.75, 3.05) is 18.4 Å². The van der Waals surface area contributed by atoms with Gasteiger partial charge >= 0.3 is 0 Å². The van der Waals surface area contributed by atoms with E-state index in [1.165, 1.54) is 19.3 Å². The second kappa shape index (κ2) is 5.65. The second-order valence-electron chi connectivity index (χ2n) is 4.49. The summed E-state index contributed by atoms with van der Waals surface area (Å²) in [5.74, 6) is 0.708. The molecule has 1 fully saturated rings. The summed E-state index contributed by atoms with van der Waals surface area (Å²) in [5, 5.41) is 15.8. The Morgan fingerprint density at radius 3 is 3.18 bits per heavy atom. The van der Waals surface area contributed by atoms with Crippen molar-refractivity contribution in [2.24, 2.45) is 0 Å². The molecule has 1 aliphatic heterocycles. The third-order valence-corrected chi connectivity index (χ3v) is 3.20. The van der Waals surface area contributed by atoms with Gasteiger partial charge in [0.2, 0.25) is 0 Å². The molecule has 0 radical (unpaired) electrons. The van der Waals surface area contributed by atoms with Gasteiger partial charge in [-0.3, -0.25) is 0 Å². The van der Waals surface area contributed by atoms with Crippen molar-refractivity contribution >= 4 is 5.82 Å². The van der Waals surface area contributed by atoms with Gasteiger partial charge < -0.3 is 10.6 Å². The molecule has 2 N–H and O–H groups in total. The first-order valence-electron chi connectivity index (χ1n) is 6.14. The molecule has 0 aliphatic carbocycles. The zero-order valence-electron chi connectivity index (χ0n) is 10.2. The average molecular weight is 230 g/mol. The molecule has 1 atom stereocenters. The Hall–Kier alpha value is -1.60. The van der Waals surface area contributed by atoms with Gasteiger partial charge in [0.15, 0.2) is 0 Å². The summed E-state index contributed by atoms with van der Waals surface area (Å²) in [6, 6.07) is 4.57. The summed E-state index contributed by atoms with van der Waals surface area (Å²) >= 11 is 0. The summed E-state index contributed by atoms with van der Waals surface area (Å²) in [5.41, 5.74) is 1.63. The highest BCUT2D eigenvalue weighted by Crippen LogP contribution is 2.15. The Labute approximate surface area is 102 Å². The van der Waals surface area contributed by atoms with Gasteiger partial charge in [-0.2, -0.15) is 5.26 Å². The number of hydrogen-bond donors (Lipinski definition) is 2. The topological polar surface area (TPSA) is 60.7 Å². The molecule has 2 rings (SSSR count). The first-order valence-corrected chi connectivity index (χ1v) is 6.14. The lowest BCUT2D eigenvalue weighted by atomic mass is 10.0. The van der Waals surface area contributed by atoms with E-state index in [2.05, 4.69) is 21.7 Å². The SMILES string of the molecule is Cc1ccnc(NCC2CCCCN2)c1C#N. The van der Waals surface area contributed by atoms with Gasteiger partial charge in [0, 0.05) is 18.8 Å². The first kappa shape index (κ1) is 11.9. The standard InChI is InChI=1S/C13H18N4/c1-10-5-7-16-13(12(10)8-14)17-9-11-4-2-3-6-15-11/h5,7,11,15H,2-4,6,9H2,1H3,(H,16,17). The molecule has 1 aliphatic rings. The van der Waals surface area contributed by atoms with Crippen LogP contribution in [0.25, 0.3) is 0 Å². The highest BCUT2D eigenvalue weighted by atomic mass is 15.0. The summed E-state index contributed by atoms with van der Waals surface area (Å²) in [7, 11) is 0. The summed E-state index contributed by atoms with van der Waals surface area (Å²) < 4.78 is 0. The van der Waals surface area contributed by atoms with Gasteiger partial charge in [0.1, 0.15) is 11.9 Å². The molecule has 2 heterocycles. The van der Waals surface area contributed by atoms with Crippen LogP contribution in [0.2, 0.25) is 0 Å². The zero-order valence-corrected chi connectivity index (χ0v) is 10.2. The van der Waals surface area contributed by atoms with Crippen LogP contribution in [0.5, 0.6) is 0 Å². The maximum absolute atomic E-state index is 9.09. The molecule has 4 nitrogen and oxygen atoms in total. The lowest BCUT2D eigenvalue weighted by molar-refractivity contribution is 0.414. The number of nitrogens with one attached hydrogen (secondary N) is 2. The van der Waals surface area contributed by atoms with Crippen molar-refractivity contribution in [3.05, 3.63) is 23.4 Å². The highest BCUT2D eigenvalue weighted by molar-refractivity contribution is 5.55. The third kappa shape index (κ3) is 2.95. The largest absolute Gasteiger partial charge is 0.367 e. The fourth-order valence-corrected chi connectivity index (χ4v) is 2.15. The Kier molecular flexibility index (Phi) is 3.94. The molecule has 0 saturated carbocycles. The van der Waals surface area contributed by atoms with Crippen LogP contribution >= 0.6 is 0 Å². The lowest BCUT2D eigenvalue weighted by Gasteiger charge is -2.24. The molecule has 1 aromatic rings. The van der Waals surface area contributed by atoms with Crippen molar-refractivity contribution in [3.63, 3.8) is 0 Å². The Morgan fingerprint density at radius 2 is 2.47 bits per heavy atom. The van der Waals surface area contributed by atoms with Crippen LogP contribution in [0.4, 0.5) is 5.82 Å². The average Bonchev–Trinajstić information content (AvgIpc) is 2.37. The minimum atomic E-state index is 0.498. The predicted octanol–water partition coefficient (Wildman–Crippen LogP) is 1.82. The molecular formula is C13H18N4. The third-order valence-electron chi connectivity index (χ3n) is 3.20. The van der Waals surface area contributed by atoms with Crippen molar-refractivity contribution in [2.45, 2.75) is 32.2 Å². The number of aromatic nitrogens is 1. The van der Waals surface area contributed by atoms with E-state index in [-0.39, 0.29) is 0 Å². The maximum atomic E-state index is 9.09. The Bertz CT molecular complexity index is 416. The Balaban J connectivity index is 1.99. The number of aryl methyl sites for hydroxylation is 1.